The molecule has 0 radical (unpaired) electrons. The number of likely N-dealkylation sites (tertiary alicyclic amines) is 1. The molecule has 0 aliphatic carbocycles. The first-order valence-electron chi connectivity index (χ1n) is 8.86. The number of aromatic nitrogens is 1. The number of carbonyl (C=O) groups excluding carboxylic acids is 1. The van der Waals surface area contributed by atoms with Gasteiger partial charge in [-0.2, -0.15) is 0 Å². The standard InChI is InChI=1S/C18H27N3O2/c22-18(20-11-9-16-7-2-4-13-23-16)17-8-5-12-21(17)14-15-6-1-3-10-19-15/h1,3,6,10,16-17H,2,4-5,7-9,11-14H2,(H,20,22)/t16-,17+/m0/s1. The fourth-order valence-electron chi connectivity index (χ4n) is 3.52. The van der Waals surface area contributed by atoms with Crippen molar-refractivity contribution >= 4 is 5.91 Å². The summed E-state index contributed by atoms with van der Waals surface area (Å²) in [6.45, 7) is 3.32. The van der Waals surface area contributed by atoms with E-state index in [4.69, 9.17) is 4.74 Å². The van der Waals surface area contributed by atoms with Crippen LogP contribution in [0.25, 0.3) is 0 Å². The summed E-state index contributed by atoms with van der Waals surface area (Å²) in [6.07, 6.45) is 8.65. The second kappa shape index (κ2) is 8.41. The molecule has 2 saturated heterocycles. The van der Waals surface area contributed by atoms with Crippen LogP contribution in [0.15, 0.2) is 24.4 Å². The molecule has 23 heavy (non-hydrogen) atoms. The maximum absolute atomic E-state index is 12.5. The molecule has 5 heteroatoms. The average Bonchev–Trinajstić information content (AvgIpc) is 3.05. The summed E-state index contributed by atoms with van der Waals surface area (Å²) in [5.74, 6) is 0.161. The molecular weight excluding hydrogens is 290 g/mol. The minimum Gasteiger partial charge on any atom is -0.378 e. The van der Waals surface area contributed by atoms with Crippen LogP contribution in [-0.2, 0) is 16.1 Å². The molecule has 2 atom stereocenters. The van der Waals surface area contributed by atoms with E-state index in [1.54, 1.807) is 0 Å². The number of nitrogens with zero attached hydrogens (tertiary/aromatic N) is 2. The Labute approximate surface area is 138 Å². The molecule has 0 aromatic carbocycles. The molecule has 3 rings (SSSR count). The second-order valence-corrected chi connectivity index (χ2v) is 6.52. The maximum Gasteiger partial charge on any atom is 0.237 e. The van der Waals surface area contributed by atoms with Crippen LogP contribution in [0.4, 0.5) is 0 Å². The zero-order chi connectivity index (χ0) is 15.9. The summed E-state index contributed by atoms with van der Waals surface area (Å²) in [4.78, 5) is 19.1. The monoisotopic (exact) mass is 317 g/mol. The summed E-state index contributed by atoms with van der Waals surface area (Å²) >= 11 is 0. The molecule has 2 fully saturated rings. The third-order valence-corrected chi connectivity index (χ3v) is 4.80. The number of hydrogen-bond donors (Lipinski definition) is 1. The van der Waals surface area contributed by atoms with Crippen molar-refractivity contribution in [2.75, 3.05) is 19.7 Å². The summed E-state index contributed by atoms with van der Waals surface area (Å²) in [5, 5.41) is 3.11. The number of hydrogen-bond acceptors (Lipinski definition) is 4. The molecule has 1 amide bonds. The highest BCUT2D eigenvalue weighted by Gasteiger charge is 2.30. The molecule has 5 nitrogen and oxygen atoms in total. The zero-order valence-electron chi connectivity index (χ0n) is 13.7. The van der Waals surface area contributed by atoms with Crippen molar-refractivity contribution in [3.05, 3.63) is 30.1 Å². The SMILES string of the molecule is O=C(NCC[C@@H]1CCCCO1)[C@H]1CCCN1Cc1ccccn1. The Morgan fingerprint density at radius 1 is 1.30 bits per heavy atom. The van der Waals surface area contributed by atoms with Gasteiger partial charge in [-0.25, -0.2) is 0 Å². The van der Waals surface area contributed by atoms with Crippen LogP contribution in [0.1, 0.15) is 44.2 Å². The molecule has 2 aliphatic heterocycles. The first-order valence-corrected chi connectivity index (χ1v) is 8.86. The number of rotatable bonds is 6. The molecule has 0 bridgehead atoms. The highest BCUT2D eigenvalue weighted by atomic mass is 16.5. The van der Waals surface area contributed by atoms with Gasteiger partial charge in [-0.15, -0.1) is 0 Å². The minimum atomic E-state index is -0.00993. The Balaban J connectivity index is 1.44. The van der Waals surface area contributed by atoms with E-state index in [9.17, 15) is 4.79 Å². The zero-order valence-corrected chi connectivity index (χ0v) is 13.7. The Morgan fingerprint density at radius 3 is 3.04 bits per heavy atom. The molecule has 0 unspecified atom stereocenters. The van der Waals surface area contributed by atoms with Crippen molar-refractivity contribution in [3.63, 3.8) is 0 Å². The van der Waals surface area contributed by atoms with Gasteiger partial charge in [0.15, 0.2) is 0 Å². The van der Waals surface area contributed by atoms with Crippen LogP contribution >= 0.6 is 0 Å². The van der Waals surface area contributed by atoms with Crippen molar-refractivity contribution < 1.29 is 9.53 Å². The van der Waals surface area contributed by atoms with Gasteiger partial charge >= 0.3 is 0 Å². The van der Waals surface area contributed by atoms with Gasteiger partial charge in [0, 0.05) is 25.9 Å². The van der Waals surface area contributed by atoms with Gasteiger partial charge in [0.25, 0.3) is 0 Å². The van der Waals surface area contributed by atoms with E-state index in [-0.39, 0.29) is 11.9 Å². The van der Waals surface area contributed by atoms with Crippen LogP contribution < -0.4 is 5.32 Å². The number of nitrogens with one attached hydrogen (secondary N) is 1. The molecular formula is C18H27N3O2. The lowest BCUT2D eigenvalue weighted by Crippen LogP contribution is -2.43. The van der Waals surface area contributed by atoms with E-state index in [1.165, 1.54) is 12.8 Å². The van der Waals surface area contributed by atoms with Crippen molar-refractivity contribution in [2.45, 2.75) is 57.2 Å². The molecule has 3 heterocycles. The predicted octanol–water partition coefficient (Wildman–Crippen LogP) is 2.12. The van der Waals surface area contributed by atoms with Crippen molar-refractivity contribution in [2.24, 2.45) is 0 Å². The first-order chi connectivity index (χ1) is 11.3. The van der Waals surface area contributed by atoms with Crippen molar-refractivity contribution in [1.29, 1.82) is 0 Å². The molecule has 1 aromatic rings. The largest absolute Gasteiger partial charge is 0.378 e. The summed E-state index contributed by atoms with van der Waals surface area (Å²) in [6, 6.07) is 5.93. The third kappa shape index (κ3) is 4.75. The summed E-state index contributed by atoms with van der Waals surface area (Å²) in [7, 11) is 0. The quantitative estimate of drug-likeness (QED) is 0.873. The second-order valence-electron chi connectivity index (χ2n) is 6.52. The predicted molar refractivity (Wildman–Crippen MR) is 88.9 cm³/mol. The topological polar surface area (TPSA) is 54.5 Å². The van der Waals surface area contributed by atoms with E-state index in [1.807, 2.05) is 24.4 Å². The molecule has 1 N–H and O–H groups in total. The van der Waals surface area contributed by atoms with Gasteiger partial charge in [-0.05, 0) is 57.2 Å². The smallest absolute Gasteiger partial charge is 0.237 e. The molecule has 0 spiro atoms. The highest BCUT2D eigenvalue weighted by Crippen LogP contribution is 2.20. The van der Waals surface area contributed by atoms with Gasteiger partial charge in [-0.3, -0.25) is 14.7 Å². The van der Waals surface area contributed by atoms with Gasteiger partial charge in [-0.1, -0.05) is 6.07 Å². The first kappa shape index (κ1) is 16.4. The van der Waals surface area contributed by atoms with Crippen molar-refractivity contribution in [1.82, 2.24) is 15.2 Å². The van der Waals surface area contributed by atoms with Gasteiger partial charge in [0.1, 0.15) is 0 Å². The molecule has 1 aromatic heterocycles. The van der Waals surface area contributed by atoms with Crippen LogP contribution in [0.3, 0.4) is 0 Å². The lowest BCUT2D eigenvalue weighted by molar-refractivity contribution is -0.125. The average molecular weight is 317 g/mol. The maximum atomic E-state index is 12.5. The normalized spacial score (nSPS) is 25.4. The summed E-state index contributed by atoms with van der Waals surface area (Å²) in [5.41, 5.74) is 1.03. The third-order valence-electron chi connectivity index (χ3n) is 4.80. The van der Waals surface area contributed by atoms with Crippen LogP contribution in [0.5, 0.6) is 0 Å². The van der Waals surface area contributed by atoms with Gasteiger partial charge < -0.3 is 10.1 Å². The lowest BCUT2D eigenvalue weighted by Gasteiger charge is -2.25. The fourth-order valence-corrected chi connectivity index (χ4v) is 3.52. The van der Waals surface area contributed by atoms with E-state index in [2.05, 4.69) is 15.2 Å². The van der Waals surface area contributed by atoms with E-state index in [0.29, 0.717) is 6.10 Å². The van der Waals surface area contributed by atoms with Gasteiger partial charge in [0.05, 0.1) is 17.8 Å². The highest BCUT2D eigenvalue weighted by molar-refractivity contribution is 5.82. The number of carbonyl (C=O) groups is 1. The summed E-state index contributed by atoms with van der Waals surface area (Å²) < 4.78 is 5.72. The molecule has 126 valence electrons. The fraction of sp³-hybridized carbons (Fsp3) is 0.667. The number of amides is 1. The Morgan fingerprint density at radius 2 is 2.26 bits per heavy atom. The molecule has 2 aliphatic rings. The minimum absolute atomic E-state index is 0.00993. The number of pyridine rings is 1. The Hall–Kier alpha value is -1.46. The molecule has 0 saturated carbocycles. The van der Waals surface area contributed by atoms with E-state index in [0.717, 1.165) is 57.6 Å². The van der Waals surface area contributed by atoms with Crippen molar-refractivity contribution in [3.8, 4) is 0 Å². The van der Waals surface area contributed by atoms with Crippen LogP contribution in [0.2, 0.25) is 0 Å². The Kier molecular flexibility index (Phi) is 6.00. The van der Waals surface area contributed by atoms with E-state index >= 15 is 0 Å². The van der Waals surface area contributed by atoms with Crippen LogP contribution in [0, 0.1) is 0 Å². The van der Waals surface area contributed by atoms with E-state index < -0.39 is 0 Å². The van der Waals surface area contributed by atoms with Crippen LogP contribution in [-0.4, -0.2) is 47.6 Å². The lowest BCUT2D eigenvalue weighted by atomic mass is 10.1. The number of ether oxygens (including phenoxy) is 1. The van der Waals surface area contributed by atoms with Gasteiger partial charge in [0.2, 0.25) is 5.91 Å². The Bertz CT molecular complexity index is 488.